The molecular weight excluding hydrogens is 238 g/mol. The Morgan fingerprint density at radius 1 is 1.53 bits per heavy atom. The van der Waals surface area contributed by atoms with Gasteiger partial charge in [0, 0.05) is 25.4 Å². The molecule has 0 radical (unpaired) electrons. The highest BCUT2D eigenvalue weighted by atomic mass is 35.5. The van der Waals surface area contributed by atoms with Gasteiger partial charge in [0.2, 0.25) is 5.88 Å². The Bertz CT molecular complexity index is 358. The maximum atomic E-state index is 6.03. The van der Waals surface area contributed by atoms with Gasteiger partial charge >= 0.3 is 0 Å². The smallest absolute Gasteiger partial charge is 0.213 e. The SMILES string of the molecule is CNCc1cc(OC(C)CN(C)C)ncc1Cl. The van der Waals surface area contributed by atoms with Crippen LogP contribution in [-0.4, -0.2) is 43.7 Å². The van der Waals surface area contributed by atoms with E-state index in [9.17, 15) is 0 Å². The number of aromatic nitrogens is 1. The second-order valence-electron chi connectivity index (χ2n) is 4.33. The molecule has 1 rings (SSSR count). The lowest BCUT2D eigenvalue weighted by atomic mass is 10.2. The number of nitrogens with zero attached hydrogens (tertiary/aromatic N) is 2. The van der Waals surface area contributed by atoms with Crippen LogP contribution in [0.4, 0.5) is 0 Å². The van der Waals surface area contributed by atoms with Gasteiger partial charge in [0.05, 0.1) is 5.02 Å². The van der Waals surface area contributed by atoms with Gasteiger partial charge in [-0.15, -0.1) is 0 Å². The highest BCUT2D eigenvalue weighted by Crippen LogP contribution is 2.19. The van der Waals surface area contributed by atoms with Crippen molar-refractivity contribution in [1.29, 1.82) is 0 Å². The van der Waals surface area contributed by atoms with Crippen molar-refractivity contribution in [2.24, 2.45) is 0 Å². The van der Waals surface area contributed by atoms with Crippen molar-refractivity contribution in [3.8, 4) is 5.88 Å². The second-order valence-corrected chi connectivity index (χ2v) is 4.74. The molecule has 1 N–H and O–H groups in total. The van der Waals surface area contributed by atoms with Gasteiger partial charge < -0.3 is 15.0 Å². The Balaban J connectivity index is 2.68. The van der Waals surface area contributed by atoms with Gasteiger partial charge in [-0.1, -0.05) is 11.6 Å². The highest BCUT2D eigenvalue weighted by molar-refractivity contribution is 6.31. The van der Waals surface area contributed by atoms with Crippen LogP contribution in [0.15, 0.2) is 12.3 Å². The minimum atomic E-state index is 0.0983. The summed E-state index contributed by atoms with van der Waals surface area (Å²) in [6.07, 6.45) is 1.73. The first-order chi connectivity index (χ1) is 8.02. The van der Waals surface area contributed by atoms with E-state index in [4.69, 9.17) is 16.3 Å². The molecule has 0 aliphatic rings. The number of hydrogen-bond acceptors (Lipinski definition) is 4. The number of halogens is 1. The fraction of sp³-hybridized carbons (Fsp3) is 0.583. The molecule has 0 saturated carbocycles. The Kier molecular flexibility index (Phi) is 5.68. The molecule has 1 atom stereocenters. The van der Waals surface area contributed by atoms with E-state index < -0.39 is 0 Å². The quantitative estimate of drug-likeness (QED) is 0.843. The summed E-state index contributed by atoms with van der Waals surface area (Å²) >= 11 is 6.03. The number of nitrogens with one attached hydrogen (secondary N) is 1. The van der Waals surface area contributed by atoms with Gasteiger partial charge in [-0.05, 0) is 33.6 Å². The van der Waals surface area contributed by atoms with E-state index in [0.717, 1.165) is 12.1 Å². The predicted octanol–water partition coefficient (Wildman–Crippen LogP) is 1.78. The molecule has 0 aromatic carbocycles. The van der Waals surface area contributed by atoms with E-state index in [0.29, 0.717) is 17.4 Å². The van der Waals surface area contributed by atoms with Gasteiger partial charge in [-0.2, -0.15) is 0 Å². The topological polar surface area (TPSA) is 37.4 Å². The standard InChI is InChI=1S/C12H20ClN3O/c1-9(8-16(3)4)17-12-5-10(6-14-2)11(13)7-15-12/h5,7,9,14H,6,8H2,1-4H3. The van der Waals surface area contributed by atoms with Crippen molar-refractivity contribution in [3.63, 3.8) is 0 Å². The van der Waals surface area contributed by atoms with Crippen LogP contribution in [0.5, 0.6) is 5.88 Å². The summed E-state index contributed by atoms with van der Waals surface area (Å²) < 4.78 is 5.73. The molecule has 1 heterocycles. The predicted molar refractivity (Wildman–Crippen MR) is 70.7 cm³/mol. The Labute approximate surface area is 108 Å². The zero-order valence-electron chi connectivity index (χ0n) is 10.8. The zero-order chi connectivity index (χ0) is 12.8. The van der Waals surface area contributed by atoms with Crippen molar-refractivity contribution in [2.75, 3.05) is 27.7 Å². The molecule has 0 saturated heterocycles. The van der Waals surface area contributed by atoms with E-state index in [1.54, 1.807) is 6.20 Å². The lowest BCUT2D eigenvalue weighted by molar-refractivity contribution is 0.170. The average Bonchev–Trinajstić information content (AvgIpc) is 2.22. The first-order valence-electron chi connectivity index (χ1n) is 5.63. The van der Waals surface area contributed by atoms with Crippen LogP contribution in [0.25, 0.3) is 0 Å². The molecule has 0 bridgehead atoms. The van der Waals surface area contributed by atoms with Crippen molar-refractivity contribution < 1.29 is 4.74 Å². The van der Waals surface area contributed by atoms with Crippen molar-refractivity contribution in [2.45, 2.75) is 19.6 Å². The summed E-state index contributed by atoms with van der Waals surface area (Å²) in [6.45, 7) is 3.58. The summed E-state index contributed by atoms with van der Waals surface area (Å²) in [7, 11) is 5.91. The van der Waals surface area contributed by atoms with Crippen LogP contribution in [0, 0.1) is 0 Å². The number of likely N-dealkylation sites (N-methyl/N-ethyl adjacent to an activating group) is 1. The summed E-state index contributed by atoms with van der Waals surface area (Å²) in [6, 6.07) is 1.88. The molecule has 0 aliphatic carbocycles. The van der Waals surface area contributed by atoms with Gasteiger partial charge in [0.25, 0.3) is 0 Å². The first-order valence-corrected chi connectivity index (χ1v) is 6.01. The number of ether oxygens (including phenoxy) is 1. The van der Waals surface area contributed by atoms with E-state index >= 15 is 0 Å². The lowest BCUT2D eigenvalue weighted by Crippen LogP contribution is -2.28. The monoisotopic (exact) mass is 257 g/mol. The minimum absolute atomic E-state index is 0.0983. The molecule has 1 aromatic rings. The molecule has 1 unspecified atom stereocenters. The molecule has 0 aliphatic heterocycles. The molecule has 4 nitrogen and oxygen atoms in total. The van der Waals surface area contributed by atoms with Crippen molar-refractivity contribution in [1.82, 2.24) is 15.2 Å². The minimum Gasteiger partial charge on any atom is -0.473 e. The maximum Gasteiger partial charge on any atom is 0.213 e. The Morgan fingerprint density at radius 3 is 2.82 bits per heavy atom. The first kappa shape index (κ1) is 14.2. The van der Waals surface area contributed by atoms with Crippen LogP contribution < -0.4 is 10.1 Å². The molecule has 0 amide bonds. The van der Waals surface area contributed by atoms with E-state index in [2.05, 4.69) is 15.2 Å². The fourth-order valence-electron chi connectivity index (χ4n) is 1.61. The molecular formula is C12H20ClN3O. The van der Waals surface area contributed by atoms with Crippen LogP contribution in [0.3, 0.4) is 0 Å². The Morgan fingerprint density at radius 2 is 2.24 bits per heavy atom. The third-order valence-electron chi connectivity index (χ3n) is 2.22. The largest absolute Gasteiger partial charge is 0.473 e. The van der Waals surface area contributed by atoms with Crippen molar-refractivity contribution in [3.05, 3.63) is 22.8 Å². The summed E-state index contributed by atoms with van der Waals surface area (Å²) in [5.41, 5.74) is 0.996. The third-order valence-corrected chi connectivity index (χ3v) is 2.56. The maximum absolute atomic E-state index is 6.03. The number of pyridine rings is 1. The van der Waals surface area contributed by atoms with E-state index in [-0.39, 0.29) is 6.10 Å². The summed E-state index contributed by atoms with van der Waals surface area (Å²) in [5, 5.41) is 3.72. The number of rotatable bonds is 6. The van der Waals surface area contributed by atoms with Crippen LogP contribution in [0.2, 0.25) is 5.02 Å². The zero-order valence-corrected chi connectivity index (χ0v) is 11.6. The van der Waals surface area contributed by atoms with Crippen LogP contribution in [0.1, 0.15) is 12.5 Å². The molecule has 17 heavy (non-hydrogen) atoms. The van der Waals surface area contributed by atoms with Gasteiger partial charge in [0.15, 0.2) is 0 Å². The molecule has 96 valence electrons. The van der Waals surface area contributed by atoms with Gasteiger partial charge in [-0.25, -0.2) is 4.98 Å². The van der Waals surface area contributed by atoms with Crippen LogP contribution >= 0.6 is 11.6 Å². The summed E-state index contributed by atoms with van der Waals surface area (Å²) in [4.78, 5) is 6.25. The third kappa shape index (κ3) is 4.89. The molecule has 5 heteroatoms. The summed E-state index contributed by atoms with van der Waals surface area (Å²) in [5.74, 6) is 0.619. The van der Waals surface area contributed by atoms with E-state index in [1.165, 1.54) is 0 Å². The van der Waals surface area contributed by atoms with Gasteiger partial charge in [0.1, 0.15) is 6.10 Å². The Hall–Kier alpha value is -0.840. The fourth-order valence-corrected chi connectivity index (χ4v) is 1.78. The molecule has 1 aromatic heterocycles. The average molecular weight is 258 g/mol. The molecule has 0 fully saturated rings. The molecule has 0 spiro atoms. The highest BCUT2D eigenvalue weighted by Gasteiger charge is 2.08. The lowest BCUT2D eigenvalue weighted by Gasteiger charge is -2.18. The van der Waals surface area contributed by atoms with Crippen molar-refractivity contribution >= 4 is 11.6 Å². The number of hydrogen-bond donors (Lipinski definition) is 1. The second kappa shape index (κ2) is 6.79. The normalized spacial score (nSPS) is 12.8. The van der Waals surface area contributed by atoms with E-state index in [1.807, 2.05) is 34.1 Å². The van der Waals surface area contributed by atoms with Gasteiger partial charge in [-0.3, -0.25) is 0 Å². The van der Waals surface area contributed by atoms with Crippen LogP contribution in [-0.2, 0) is 6.54 Å².